The second-order valence-electron chi connectivity index (χ2n) is 9.48. The maximum atomic E-state index is 12.7. The Kier molecular flexibility index (Phi) is 7.31. The van der Waals surface area contributed by atoms with E-state index in [1.54, 1.807) is 18.2 Å². The van der Waals surface area contributed by atoms with Crippen LogP contribution < -0.4 is 15.6 Å². The normalized spacial score (nSPS) is 11.5. The molecule has 0 unspecified atom stereocenters. The molecule has 2 aromatic heterocycles. The number of aryl methyl sites for hydroxylation is 1. The first-order valence-corrected chi connectivity index (χ1v) is 12.6. The van der Waals surface area contributed by atoms with Gasteiger partial charge in [0.2, 0.25) is 4.96 Å². The minimum Gasteiger partial charge on any atom is -0.487 e. The number of hydrogen-bond acceptors (Lipinski definition) is 6. The zero-order valence-electron chi connectivity index (χ0n) is 20.5. The minimum absolute atomic E-state index is 0.0307. The number of anilines is 1. The molecule has 2 aromatic carbocycles. The Morgan fingerprint density at radius 2 is 1.89 bits per heavy atom. The van der Waals surface area contributed by atoms with Crippen molar-refractivity contribution in [3.63, 3.8) is 0 Å². The van der Waals surface area contributed by atoms with Gasteiger partial charge in [0.25, 0.3) is 11.5 Å². The Morgan fingerprint density at radius 1 is 1.11 bits per heavy atom. The first kappa shape index (κ1) is 24.6. The molecule has 1 amide bonds. The van der Waals surface area contributed by atoms with Crippen LogP contribution in [0.4, 0.5) is 5.69 Å². The molecule has 0 spiro atoms. The monoisotopic (exact) mass is 490 g/mol. The molecule has 35 heavy (non-hydrogen) atoms. The molecule has 0 bridgehead atoms. The molecular formula is C27H30N4O3S. The second kappa shape index (κ2) is 10.4. The first-order valence-electron chi connectivity index (χ1n) is 11.8. The summed E-state index contributed by atoms with van der Waals surface area (Å²) in [4.78, 5) is 30.2. The molecular weight excluding hydrogens is 460 g/mol. The van der Waals surface area contributed by atoms with Gasteiger partial charge in [-0.15, -0.1) is 0 Å². The van der Waals surface area contributed by atoms with E-state index in [0.717, 1.165) is 24.3 Å². The van der Waals surface area contributed by atoms with Crippen molar-refractivity contribution in [3.8, 4) is 5.75 Å². The van der Waals surface area contributed by atoms with Crippen molar-refractivity contribution in [2.75, 3.05) is 5.32 Å². The third kappa shape index (κ3) is 6.14. The Balaban J connectivity index is 1.41. The zero-order chi connectivity index (χ0) is 25.0. The summed E-state index contributed by atoms with van der Waals surface area (Å²) in [6, 6.07) is 16.3. The van der Waals surface area contributed by atoms with E-state index in [4.69, 9.17) is 4.74 Å². The number of unbranched alkanes of at least 4 members (excludes halogenated alkanes) is 1. The molecule has 0 fully saturated rings. The number of rotatable bonds is 8. The van der Waals surface area contributed by atoms with Crippen molar-refractivity contribution in [2.45, 2.75) is 59.0 Å². The number of aromatic nitrogens is 3. The lowest BCUT2D eigenvalue weighted by molar-refractivity contribution is 0.102. The van der Waals surface area contributed by atoms with E-state index in [0.29, 0.717) is 27.7 Å². The summed E-state index contributed by atoms with van der Waals surface area (Å²) in [6.07, 6.45) is 2.94. The molecule has 0 radical (unpaired) electrons. The molecule has 8 heteroatoms. The summed E-state index contributed by atoms with van der Waals surface area (Å²) in [5.41, 5.74) is 2.73. The lowest BCUT2D eigenvalue weighted by Crippen LogP contribution is -2.16. The Labute approximate surface area is 208 Å². The highest BCUT2D eigenvalue weighted by Gasteiger charge is 2.15. The average molecular weight is 491 g/mol. The van der Waals surface area contributed by atoms with Gasteiger partial charge in [-0.2, -0.15) is 9.61 Å². The maximum absolute atomic E-state index is 12.7. The van der Waals surface area contributed by atoms with Crippen molar-refractivity contribution in [3.05, 3.63) is 86.8 Å². The van der Waals surface area contributed by atoms with E-state index in [9.17, 15) is 9.59 Å². The van der Waals surface area contributed by atoms with Gasteiger partial charge >= 0.3 is 0 Å². The fourth-order valence-corrected chi connectivity index (χ4v) is 4.50. The number of carbonyl (C=O) groups is 1. The van der Waals surface area contributed by atoms with Gasteiger partial charge in [0.15, 0.2) is 0 Å². The minimum atomic E-state index is -0.217. The lowest BCUT2D eigenvalue weighted by Gasteiger charge is -2.19. The number of carbonyl (C=O) groups excluding carboxylic acids is 1. The van der Waals surface area contributed by atoms with Crippen LogP contribution >= 0.6 is 11.3 Å². The lowest BCUT2D eigenvalue weighted by atomic mass is 9.87. The van der Waals surface area contributed by atoms with Crippen molar-refractivity contribution in [1.82, 2.24) is 14.6 Å². The van der Waals surface area contributed by atoms with Crippen molar-refractivity contribution in [1.29, 1.82) is 0 Å². The molecule has 0 aliphatic rings. The smallest absolute Gasteiger partial charge is 0.275 e. The summed E-state index contributed by atoms with van der Waals surface area (Å²) >= 11 is 1.43. The molecule has 1 N–H and O–H groups in total. The van der Waals surface area contributed by atoms with E-state index in [1.165, 1.54) is 27.5 Å². The van der Waals surface area contributed by atoms with Crippen molar-refractivity contribution in [2.24, 2.45) is 0 Å². The number of nitrogens with zero attached hydrogens (tertiary/aromatic N) is 3. The van der Waals surface area contributed by atoms with Gasteiger partial charge < -0.3 is 10.1 Å². The van der Waals surface area contributed by atoms with Crippen LogP contribution in [0.25, 0.3) is 4.96 Å². The second-order valence-corrected chi connectivity index (χ2v) is 10.5. The number of nitrogens with one attached hydrogen (secondary N) is 1. The predicted molar refractivity (Wildman–Crippen MR) is 140 cm³/mol. The number of ether oxygens (including phenoxy) is 1. The van der Waals surface area contributed by atoms with Crippen LogP contribution in [0.2, 0.25) is 0 Å². The van der Waals surface area contributed by atoms with Gasteiger partial charge in [-0.05, 0) is 41.7 Å². The van der Waals surface area contributed by atoms with Crippen LogP contribution in [-0.4, -0.2) is 20.5 Å². The molecule has 0 aliphatic heterocycles. The number of benzene rings is 2. The van der Waals surface area contributed by atoms with E-state index in [1.807, 2.05) is 30.3 Å². The highest BCUT2D eigenvalue weighted by atomic mass is 32.1. The summed E-state index contributed by atoms with van der Waals surface area (Å²) in [6.45, 7) is 8.68. The predicted octanol–water partition coefficient (Wildman–Crippen LogP) is 5.62. The Hall–Kier alpha value is -3.52. The molecule has 2 heterocycles. The molecule has 182 valence electrons. The SMILES string of the molecule is CCCCc1nn2c(=O)cc(COc3cccc(NC(=O)c4ccc(C(C)(C)C)cc4)c3)nc2s1. The molecule has 0 saturated carbocycles. The standard InChI is InChI=1S/C27H30N4O3S/c1-5-6-10-23-30-31-24(32)16-21(29-26(31)35-23)17-34-22-9-7-8-20(15-22)28-25(33)18-11-13-19(14-12-18)27(2,3)4/h7-9,11-16H,5-6,10,17H2,1-4H3,(H,28,33). The van der Waals surface area contributed by atoms with Gasteiger partial charge in [0.05, 0.1) is 5.69 Å². The highest BCUT2D eigenvalue weighted by Crippen LogP contribution is 2.23. The maximum Gasteiger partial charge on any atom is 0.275 e. The summed E-state index contributed by atoms with van der Waals surface area (Å²) < 4.78 is 7.22. The van der Waals surface area contributed by atoms with E-state index in [2.05, 4.69) is 43.1 Å². The Morgan fingerprint density at radius 3 is 2.60 bits per heavy atom. The van der Waals surface area contributed by atoms with Gasteiger partial charge in [-0.3, -0.25) is 9.59 Å². The van der Waals surface area contributed by atoms with E-state index in [-0.39, 0.29) is 23.5 Å². The average Bonchev–Trinajstić information content (AvgIpc) is 3.25. The molecule has 4 rings (SSSR count). The molecule has 0 atom stereocenters. The van der Waals surface area contributed by atoms with Crippen LogP contribution in [-0.2, 0) is 18.4 Å². The van der Waals surface area contributed by atoms with E-state index < -0.39 is 0 Å². The number of amides is 1. The molecule has 0 aliphatic carbocycles. The fourth-order valence-electron chi connectivity index (χ4n) is 3.54. The number of hydrogen-bond donors (Lipinski definition) is 1. The molecule has 0 saturated heterocycles. The van der Waals surface area contributed by atoms with Crippen LogP contribution in [0.5, 0.6) is 5.75 Å². The van der Waals surface area contributed by atoms with Crippen LogP contribution in [0.1, 0.15) is 67.2 Å². The third-order valence-corrected chi connectivity index (χ3v) is 6.54. The summed E-state index contributed by atoms with van der Waals surface area (Å²) in [7, 11) is 0. The number of fused-ring (bicyclic) bond motifs is 1. The van der Waals surface area contributed by atoms with Gasteiger partial charge in [0, 0.05) is 29.8 Å². The zero-order valence-corrected chi connectivity index (χ0v) is 21.3. The topological polar surface area (TPSA) is 85.6 Å². The van der Waals surface area contributed by atoms with Gasteiger partial charge in [0.1, 0.15) is 17.4 Å². The molecule has 7 nitrogen and oxygen atoms in total. The summed E-state index contributed by atoms with van der Waals surface area (Å²) in [5.74, 6) is 0.382. The van der Waals surface area contributed by atoms with Crippen molar-refractivity contribution >= 4 is 27.9 Å². The van der Waals surface area contributed by atoms with Gasteiger partial charge in [-0.1, -0.05) is 63.7 Å². The molecule has 4 aromatic rings. The summed E-state index contributed by atoms with van der Waals surface area (Å²) in [5, 5.41) is 8.19. The largest absolute Gasteiger partial charge is 0.487 e. The van der Waals surface area contributed by atoms with Gasteiger partial charge in [-0.25, -0.2) is 4.98 Å². The van der Waals surface area contributed by atoms with E-state index >= 15 is 0 Å². The Bertz CT molecular complexity index is 1380. The third-order valence-electron chi connectivity index (χ3n) is 5.58. The van der Waals surface area contributed by atoms with Crippen LogP contribution in [0, 0.1) is 0 Å². The van der Waals surface area contributed by atoms with Crippen LogP contribution in [0.15, 0.2) is 59.4 Å². The first-order chi connectivity index (χ1) is 16.7. The van der Waals surface area contributed by atoms with Crippen LogP contribution in [0.3, 0.4) is 0 Å². The van der Waals surface area contributed by atoms with Crippen molar-refractivity contribution < 1.29 is 9.53 Å². The quantitative estimate of drug-likeness (QED) is 0.346. The fraction of sp³-hybridized carbons (Fsp3) is 0.333. The highest BCUT2D eigenvalue weighted by molar-refractivity contribution is 7.16.